The number of hydrogen-bond donors (Lipinski definition) is 1. The standard InChI is InChI=1S/C20H18N2O.C9H10O/c1-15-2-6-17(7-3-15)18-8-10-19(11-9-18)22-14-16-4-12-20(23-21)13-5-16;1-3-8-4-6-9(10-2)7-5-8/h2-14H,21H2,1H3;3-7H,1H2,2H3. The highest BCUT2D eigenvalue weighted by atomic mass is 16.6. The summed E-state index contributed by atoms with van der Waals surface area (Å²) in [5, 5.41) is 0. The zero-order valence-corrected chi connectivity index (χ0v) is 18.9. The first-order chi connectivity index (χ1) is 16.1. The SMILES string of the molecule is C=Cc1ccc(OC)cc1.Cc1ccc(-c2ccc(N=Cc3ccc(ON)cc3)cc2)cc1. The van der Waals surface area contributed by atoms with Crippen LogP contribution in [-0.4, -0.2) is 13.3 Å². The van der Waals surface area contributed by atoms with E-state index in [4.69, 9.17) is 10.6 Å². The van der Waals surface area contributed by atoms with Crippen molar-refractivity contribution in [2.75, 3.05) is 7.11 Å². The second-order valence-corrected chi connectivity index (χ2v) is 7.34. The van der Waals surface area contributed by atoms with E-state index < -0.39 is 0 Å². The molecule has 0 fully saturated rings. The minimum Gasteiger partial charge on any atom is -0.497 e. The predicted octanol–water partition coefficient (Wildman–Crippen LogP) is 7.00. The first kappa shape index (κ1) is 23.5. The van der Waals surface area contributed by atoms with Crippen LogP contribution in [0.4, 0.5) is 5.69 Å². The van der Waals surface area contributed by atoms with Crippen LogP contribution in [0, 0.1) is 6.92 Å². The minimum absolute atomic E-state index is 0.629. The Balaban J connectivity index is 0.000000257. The smallest absolute Gasteiger partial charge is 0.146 e. The molecular formula is C29H28N2O2. The van der Waals surface area contributed by atoms with E-state index in [1.807, 2.05) is 66.9 Å². The number of aliphatic imine (C=N–C) groups is 1. The van der Waals surface area contributed by atoms with E-state index >= 15 is 0 Å². The van der Waals surface area contributed by atoms with Gasteiger partial charge in [-0.3, -0.25) is 4.99 Å². The molecule has 4 rings (SSSR count). The first-order valence-corrected chi connectivity index (χ1v) is 10.6. The van der Waals surface area contributed by atoms with E-state index in [0.717, 1.165) is 22.6 Å². The summed E-state index contributed by atoms with van der Waals surface area (Å²) in [7, 11) is 1.66. The molecule has 33 heavy (non-hydrogen) atoms. The lowest BCUT2D eigenvalue weighted by molar-refractivity contribution is 0.334. The van der Waals surface area contributed by atoms with Crippen LogP contribution in [0.3, 0.4) is 0 Å². The molecule has 0 aliphatic rings. The van der Waals surface area contributed by atoms with E-state index in [1.165, 1.54) is 16.7 Å². The summed E-state index contributed by atoms with van der Waals surface area (Å²) in [5.74, 6) is 6.61. The number of nitrogens with two attached hydrogens (primary N) is 1. The van der Waals surface area contributed by atoms with Gasteiger partial charge in [0.25, 0.3) is 0 Å². The number of ether oxygens (including phenoxy) is 1. The molecule has 0 amide bonds. The van der Waals surface area contributed by atoms with E-state index in [1.54, 1.807) is 13.2 Å². The molecule has 0 aliphatic carbocycles. The molecule has 0 bridgehead atoms. The van der Waals surface area contributed by atoms with Gasteiger partial charge in [0.1, 0.15) is 11.5 Å². The Bertz CT molecular complexity index is 1160. The molecule has 0 spiro atoms. The summed E-state index contributed by atoms with van der Waals surface area (Å²) >= 11 is 0. The lowest BCUT2D eigenvalue weighted by Crippen LogP contribution is -2.01. The molecule has 0 radical (unpaired) electrons. The van der Waals surface area contributed by atoms with E-state index in [9.17, 15) is 0 Å². The summed E-state index contributed by atoms with van der Waals surface area (Å²) in [6.45, 7) is 5.74. The molecule has 0 atom stereocenters. The topological polar surface area (TPSA) is 56.8 Å². The maximum Gasteiger partial charge on any atom is 0.146 e. The molecule has 4 aromatic rings. The molecule has 4 nitrogen and oxygen atoms in total. The Hall–Kier alpha value is -4.15. The molecule has 4 aromatic carbocycles. The van der Waals surface area contributed by atoms with Crippen LogP contribution < -0.4 is 15.5 Å². The van der Waals surface area contributed by atoms with Gasteiger partial charge < -0.3 is 9.57 Å². The molecule has 0 saturated heterocycles. The second-order valence-electron chi connectivity index (χ2n) is 7.34. The number of aryl methyl sites for hydroxylation is 1. The Morgan fingerprint density at radius 2 is 1.21 bits per heavy atom. The fraction of sp³-hybridized carbons (Fsp3) is 0.0690. The first-order valence-electron chi connectivity index (χ1n) is 10.6. The van der Waals surface area contributed by atoms with Gasteiger partial charge in [0.15, 0.2) is 0 Å². The summed E-state index contributed by atoms with van der Waals surface area (Å²) in [6.07, 6.45) is 3.63. The summed E-state index contributed by atoms with van der Waals surface area (Å²) in [5.41, 5.74) is 6.69. The number of hydrogen-bond acceptors (Lipinski definition) is 4. The lowest BCUT2D eigenvalue weighted by atomic mass is 10.0. The second kappa shape index (κ2) is 12.0. The van der Waals surface area contributed by atoms with Crippen molar-refractivity contribution < 1.29 is 9.57 Å². The summed E-state index contributed by atoms with van der Waals surface area (Å²) < 4.78 is 4.98. The maximum absolute atomic E-state index is 5.10. The van der Waals surface area contributed by atoms with Gasteiger partial charge in [0.2, 0.25) is 0 Å². The van der Waals surface area contributed by atoms with Gasteiger partial charge in [-0.2, -0.15) is 5.90 Å². The van der Waals surface area contributed by atoms with Crippen molar-refractivity contribution in [2.45, 2.75) is 6.92 Å². The van der Waals surface area contributed by atoms with Crippen molar-refractivity contribution in [3.05, 3.63) is 120 Å². The molecule has 4 heteroatoms. The normalized spacial score (nSPS) is 10.3. The Kier molecular flexibility index (Phi) is 8.57. The Morgan fingerprint density at radius 3 is 1.73 bits per heavy atom. The fourth-order valence-corrected chi connectivity index (χ4v) is 3.01. The fourth-order valence-electron chi connectivity index (χ4n) is 3.01. The van der Waals surface area contributed by atoms with E-state index in [2.05, 4.69) is 59.7 Å². The van der Waals surface area contributed by atoms with Gasteiger partial charge in [-0.05, 0) is 77.7 Å². The number of rotatable bonds is 6. The van der Waals surface area contributed by atoms with Crippen LogP contribution in [-0.2, 0) is 0 Å². The van der Waals surface area contributed by atoms with Crippen LogP contribution in [0.25, 0.3) is 17.2 Å². The Labute approximate surface area is 195 Å². The molecule has 0 unspecified atom stereocenters. The zero-order valence-electron chi connectivity index (χ0n) is 18.9. The quantitative estimate of drug-likeness (QED) is 0.261. The van der Waals surface area contributed by atoms with Crippen LogP contribution in [0.5, 0.6) is 11.5 Å². The summed E-state index contributed by atoms with van der Waals surface area (Å²) in [4.78, 5) is 9.13. The highest BCUT2D eigenvalue weighted by Gasteiger charge is 1.97. The van der Waals surface area contributed by atoms with Crippen molar-refractivity contribution in [1.82, 2.24) is 0 Å². The third-order valence-corrected chi connectivity index (χ3v) is 4.98. The number of benzene rings is 4. The Morgan fingerprint density at radius 1 is 0.697 bits per heavy atom. The van der Waals surface area contributed by atoms with Crippen molar-refractivity contribution in [3.63, 3.8) is 0 Å². The average Bonchev–Trinajstić information content (AvgIpc) is 2.89. The molecule has 0 aliphatic heterocycles. The van der Waals surface area contributed by atoms with Crippen molar-refractivity contribution in [1.29, 1.82) is 0 Å². The van der Waals surface area contributed by atoms with Gasteiger partial charge in [-0.25, -0.2) is 0 Å². The third kappa shape index (κ3) is 7.20. The van der Waals surface area contributed by atoms with Crippen molar-refractivity contribution in [3.8, 4) is 22.6 Å². The average molecular weight is 437 g/mol. The lowest BCUT2D eigenvalue weighted by Gasteiger charge is -2.03. The highest BCUT2D eigenvalue weighted by Crippen LogP contribution is 2.23. The van der Waals surface area contributed by atoms with Crippen LogP contribution in [0.15, 0.2) is 109 Å². The number of methoxy groups -OCH3 is 1. The van der Waals surface area contributed by atoms with Crippen LogP contribution in [0.2, 0.25) is 0 Å². The van der Waals surface area contributed by atoms with E-state index in [-0.39, 0.29) is 0 Å². The van der Waals surface area contributed by atoms with Gasteiger partial charge in [0.05, 0.1) is 12.8 Å². The molecule has 2 N–H and O–H groups in total. The zero-order chi connectivity index (χ0) is 23.5. The van der Waals surface area contributed by atoms with Gasteiger partial charge >= 0.3 is 0 Å². The monoisotopic (exact) mass is 436 g/mol. The number of nitrogens with zero attached hydrogens (tertiary/aromatic N) is 1. The van der Waals surface area contributed by atoms with Crippen molar-refractivity contribution in [2.24, 2.45) is 10.9 Å². The molecule has 0 heterocycles. The highest BCUT2D eigenvalue weighted by molar-refractivity contribution is 5.82. The molecule has 166 valence electrons. The van der Waals surface area contributed by atoms with Crippen molar-refractivity contribution >= 4 is 18.0 Å². The van der Waals surface area contributed by atoms with Crippen LogP contribution >= 0.6 is 0 Å². The molecular weight excluding hydrogens is 408 g/mol. The van der Waals surface area contributed by atoms with Crippen LogP contribution in [0.1, 0.15) is 16.7 Å². The maximum atomic E-state index is 5.10. The van der Waals surface area contributed by atoms with E-state index in [0.29, 0.717) is 5.75 Å². The van der Waals surface area contributed by atoms with Gasteiger partial charge in [-0.1, -0.05) is 66.7 Å². The summed E-state index contributed by atoms with van der Waals surface area (Å²) in [6, 6.07) is 31.9. The molecule has 0 saturated carbocycles. The third-order valence-electron chi connectivity index (χ3n) is 4.98. The predicted molar refractivity (Wildman–Crippen MR) is 138 cm³/mol. The molecule has 0 aromatic heterocycles. The van der Waals surface area contributed by atoms with Gasteiger partial charge in [0, 0.05) is 6.21 Å². The largest absolute Gasteiger partial charge is 0.497 e. The van der Waals surface area contributed by atoms with Gasteiger partial charge in [-0.15, -0.1) is 0 Å². The minimum atomic E-state index is 0.629.